The summed E-state index contributed by atoms with van der Waals surface area (Å²) in [6.07, 6.45) is 2.11. The van der Waals surface area contributed by atoms with Crippen molar-refractivity contribution in [1.29, 1.82) is 0 Å². The van der Waals surface area contributed by atoms with Crippen LogP contribution >= 0.6 is 11.8 Å². The first-order valence-corrected chi connectivity index (χ1v) is 5.74. The van der Waals surface area contributed by atoms with E-state index in [-0.39, 0.29) is 5.91 Å². The van der Waals surface area contributed by atoms with Crippen molar-refractivity contribution >= 4 is 22.8 Å². The summed E-state index contributed by atoms with van der Waals surface area (Å²) in [4.78, 5) is 17.9. The molecule has 0 aromatic heterocycles. The van der Waals surface area contributed by atoms with E-state index in [4.69, 9.17) is 0 Å². The molecule has 0 spiro atoms. The molecular weight excluding hydrogens is 210 g/mol. The number of amidine groups is 1. The minimum atomic E-state index is 0.0369. The predicted molar refractivity (Wildman–Crippen MR) is 62.5 cm³/mol. The molecule has 0 saturated carbocycles. The van der Waals surface area contributed by atoms with Crippen LogP contribution in [0.25, 0.3) is 0 Å². The Labute approximate surface area is 93.1 Å². The maximum absolute atomic E-state index is 11.5. The zero-order chi connectivity index (χ0) is 10.7. The van der Waals surface area contributed by atoms with E-state index in [0.717, 1.165) is 24.0 Å². The lowest BCUT2D eigenvalue weighted by atomic mass is 10.3. The van der Waals surface area contributed by atoms with Gasteiger partial charge in [0.1, 0.15) is 0 Å². The Hall–Kier alpha value is -1.23. The first kappa shape index (κ1) is 10.3. The van der Waals surface area contributed by atoms with Crippen LogP contribution < -0.4 is 5.32 Å². The lowest BCUT2D eigenvalue weighted by Crippen LogP contribution is -2.28. The number of hydrogen-bond donors (Lipinski definition) is 1. The fourth-order valence-electron chi connectivity index (χ4n) is 1.53. The molecule has 0 aromatic rings. The van der Waals surface area contributed by atoms with E-state index in [1.54, 1.807) is 17.8 Å². The van der Waals surface area contributed by atoms with Gasteiger partial charge in [0.2, 0.25) is 5.91 Å². The summed E-state index contributed by atoms with van der Waals surface area (Å²) in [5.74, 6) is 0.0369. The molecule has 80 valence electrons. The lowest BCUT2D eigenvalue weighted by Gasteiger charge is -2.15. The van der Waals surface area contributed by atoms with Gasteiger partial charge in [0.05, 0.1) is 13.0 Å². The second-order valence-corrected chi connectivity index (χ2v) is 4.15. The Bertz CT molecular complexity index is 349. The van der Waals surface area contributed by atoms with Gasteiger partial charge in [-0.15, -0.1) is 6.58 Å². The van der Waals surface area contributed by atoms with Gasteiger partial charge in [-0.05, 0) is 5.41 Å². The fraction of sp³-hybridized carbons (Fsp3) is 0.400. The Morgan fingerprint density at radius 3 is 3.47 bits per heavy atom. The third-order valence-corrected chi connectivity index (χ3v) is 3.18. The average Bonchev–Trinajstić information content (AvgIpc) is 2.80. The van der Waals surface area contributed by atoms with Gasteiger partial charge in [0.15, 0.2) is 5.17 Å². The first-order valence-electron chi connectivity index (χ1n) is 4.86. The number of carbonyl (C=O) groups is 1. The SMILES string of the molecule is C=CCNC(=O)CC1=CSC2=NCCN12. The molecule has 0 aromatic carbocycles. The van der Waals surface area contributed by atoms with Gasteiger partial charge >= 0.3 is 0 Å². The summed E-state index contributed by atoms with van der Waals surface area (Å²) < 4.78 is 0. The summed E-state index contributed by atoms with van der Waals surface area (Å²) in [7, 11) is 0. The topological polar surface area (TPSA) is 44.7 Å². The molecule has 2 aliphatic heterocycles. The Balaban J connectivity index is 1.87. The lowest BCUT2D eigenvalue weighted by molar-refractivity contribution is -0.120. The zero-order valence-electron chi connectivity index (χ0n) is 8.40. The largest absolute Gasteiger partial charge is 0.352 e. The highest BCUT2D eigenvalue weighted by atomic mass is 32.2. The van der Waals surface area contributed by atoms with Gasteiger partial charge in [0.25, 0.3) is 0 Å². The number of nitrogens with one attached hydrogen (secondary N) is 1. The van der Waals surface area contributed by atoms with Crippen LogP contribution in [0.15, 0.2) is 28.8 Å². The number of aliphatic imine (C=N–C) groups is 1. The Morgan fingerprint density at radius 2 is 2.67 bits per heavy atom. The van der Waals surface area contributed by atoms with Crippen LogP contribution in [0.1, 0.15) is 6.42 Å². The summed E-state index contributed by atoms with van der Waals surface area (Å²) in [5, 5.41) is 5.80. The van der Waals surface area contributed by atoms with E-state index in [2.05, 4.69) is 21.8 Å². The molecule has 0 radical (unpaired) electrons. The summed E-state index contributed by atoms with van der Waals surface area (Å²) in [5.41, 5.74) is 1.05. The molecule has 0 bridgehead atoms. The van der Waals surface area contributed by atoms with Crippen molar-refractivity contribution in [3.05, 3.63) is 23.8 Å². The van der Waals surface area contributed by atoms with E-state index in [0.29, 0.717) is 13.0 Å². The van der Waals surface area contributed by atoms with Crippen molar-refractivity contribution in [2.24, 2.45) is 4.99 Å². The Kier molecular flexibility index (Phi) is 3.11. The molecule has 0 saturated heterocycles. The van der Waals surface area contributed by atoms with E-state index in [1.807, 2.05) is 5.41 Å². The standard InChI is InChI=1S/C10H13N3OS/c1-2-3-11-9(14)6-8-7-15-10-12-4-5-13(8)10/h2,7H,1,3-6H2,(H,11,14). The second kappa shape index (κ2) is 4.53. The van der Waals surface area contributed by atoms with Gasteiger partial charge in [-0.2, -0.15) is 0 Å². The van der Waals surface area contributed by atoms with Crippen molar-refractivity contribution < 1.29 is 4.79 Å². The molecule has 15 heavy (non-hydrogen) atoms. The van der Waals surface area contributed by atoms with Gasteiger partial charge in [0, 0.05) is 18.8 Å². The second-order valence-electron chi connectivity index (χ2n) is 3.31. The molecule has 1 N–H and O–H groups in total. The maximum Gasteiger partial charge on any atom is 0.226 e. The van der Waals surface area contributed by atoms with Crippen LogP contribution in [0.5, 0.6) is 0 Å². The number of carbonyl (C=O) groups excluding carboxylic acids is 1. The summed E-state index contributed by atoms with van der Waals surface area (Å²) in [6.45, 7) is 5.83. The van der Waals surface area contributed by atoms with Crippen LogP contribution in [0.3, 0.4) is 0 Å². The van der Waals surface area contributed by atoms with E-state index < -0.39 is 0 Å². The molecule has 2 aliphatic rings. The minimum Gasteiger partial charge on any atom is -0.352 e. The first-order chi connectivity index (χ1) is 7.31. The highest BCUT2D eigenvalue weighted by molar-refractivity contribution is 8.16. The minimum absolute atomic E-state index is 0.0369. The molecular formula is C10H13N3OS. The maximum atomic E-state index is 11.5. The predicted octanol–water partition coefficient (Wildman–Crippen LogP) is 0.939. The molecule has 0 unspecified atom stereocenters. The molecule has 0 fully saturated rings. The van der Waals surface area contributed by atoms with Crippen LogP contribution in [0, 0.1) is 0 Å². The monoisotopic (exact) mass is 223 g/mol. The smallest absolute Gasteiger partial charge is 0.226 e. The molecule has 4 nitrogen and oxygen atoms in total. The van der Waals surface area contributed by atoms with E-state index >= 15 is 0 Å². The van der Waals surface area contributed by atoms with Gasteiger partial charge < -0.3 is 10.2 Å². The van der Waals surface area contributed by atoms with Crippen LogP contribution in [0.2, 0.25) is 0 Å². The average molecular weight is 223 g/mol. The summed E-state index contributed by atoms with van der Waals surface area (Å²) >= 11 is 1.60. The number of rotatable bonds is 4. The fourth-order valence-corrected chi connectivity index (χ4v) is 2.48. The van der Waals surface area contributed by atoms with E-state index in [1.165, 1.54) is 0 Å². The summed E-state index contributed by atoms with van der Waals surface area (Å²) in [6, 6.07) is 0. The van der Waals surface area contributed by atoms with Crippen molar-refractivity contribution in [1.82, 2.24) is 10.2 Å². The number of thioether (sulfide) groups is 1. The van der Waals surface area contributed by atoms with Crippen molar-refractivity contribution in [3.63, 3.8) is 0 Å². The molecule has 2 heterocycles. The van der Waals surface area contributed by atoms with Gasteiger partial charge in [-0.1, -0.05) is 17.8 Å². The number of fused-ring (bicyclic) bond motifs is 1. The van der Waals surface area contributed by atoms with Crippen molar-refractivity contribution in [3.8, 4) is 0 Å². The zero-order valence-corrected chi connectivity index (χ0v) is 9.22. The normalized spacial score (nSPS) is 18.3. The number of nitrogens with zero attached hydrogens (tertiary/aromatic N) is 2. The molecule has 0 aliphatic carbocycles. The van der Waals surface area contributed by atoms with Gasteiger partial charge in [-0.25, -0.2) is 0 Å². The third kappa shape index (κ3) is 2.23. The number of amides is 1. The van der Waals surface area contributed by atoms with Gasteiger partial charge in [-0.3, -0.25) is 9.79 Å². The van der Waals surface area contributed by atoms with Crippen molar-refractivity contribution in [2.75, 3.05) is 19.6 Å². The highest BCUT2D eigenvalue weighted by Gasteiger charge is 2.26. The van der Waals surface area contributed by atoms with Crippen LogP contribution in [-0.4, -0.2) is 35.6 Å². The van der Waals surface area contributed by atoms with Crippen LogP contribution in [-0.2, 0) is 4.79 Å². The van der Waals surface area contributed by atoms with E-state index in [9.17, 15) is 4.79 Å². The highest BCUT2D eigenvalue weighted by Crippen LogP contribution is 2.30. The molecule has 5 heteroatoms. The van der Waals surface area contributed by atoms with Crippen LogP contribution in [0.4, 0.5) is 0 Å². The quantitative estimate of drug-likeness (QED) is 0.721. The Morgan fingerprint density at radius 1 is 1.80 bits per heavy atom. The van der Waals surface area contributed by atoms with Crippen molar-refractivity contribution in [2.45, 2.75) is 6.42 Å². The molecule has 0 atom stereocenters. The third-order valence-electron chi connectivity index (χ3n) is 2.23. The number of hydrogen-bond acceptors (Lipinski definition) is 4. The molecule has 2 rings (SSSR count). The molecule has 1 amide bonds.